The fourth-order valence-corrected chi connectivity index (χ4v) is 7.41. The Kier molecular flexibility index (Phi) is 9.51. The van der Waals surface area contributed by atoms with Crippen LogP contribution >= 0.6 is 0 Å². The lowest BCUT2D eigenvalue weighted by Crippen LogP contribution is -2.73. The SMILES string of the molecule is CCCCN1C(=O)[C@@H](CC2(O)CCCCC2)NC(=O)C12CCN(Cc1c(C)nn(-c3ccc(C(=O)N(C)C)cc3)c1C)CC2. The first kappa shape index (κ1) is 32.2. The quantitative estimate of drug-likeness (QED) is 0.450. The molecule has 1 spiro atoms. The van der Waals surface area contributed by atoms with E-state index in [1.54, 1.807) is 19.0 Å². The van der Waals surface area contributed by atoms with E-state index < -0.39 is 17.2 Å². The number of benzene rings is 1. The average molecular weight is 607 g/mol. The van der Waals surface area contributed by atoms with Crippen LogP contribution in [0, 0.1) is 13.8 Å². The molecule has 10 nitrogen and oxygen atoms in total. The van der Waals surface area contributed by atoms with E-state index in [4.69, 9.17) is 5.10 Å². The summed E-state index contributed by atoms with van der Waals surface area (Å²) in [5.41, 5.74) is 2.99. The number of piperazine rings is 1. The Bertz CT molecular complexity index is 1350. The van der Waals surface area contributed by atoms with Gasteiger partial charge < -0.3 is 20.2 Å². The van der Waals surface area contributed by atoms with Crippen LogP contribution in [0.2, 0.25) is 0 Å². The molecule has 0 radical (unpaired) electrons. The molecule has 3 amide bonds. The van der Waals surface area contributed by atoms with Crippen LogP contribution < -0.4 is 5.32 Å². The van der Waals surface area contributed by atoms with Crippen LogP contribution in [0.4, 0.5) is 0 Å². The van der Waals surface area contributed by atoms with Crippen LogP contribution in [0.3, 0.4) is 0 Å². The lowest BCUT2D eigenvalue weighted by atomic mass is 9.77. The maximum Gasteiger partial charge on any atom is 0.253 e. The third-order valence-electron chi connectivity index (χ3n) is 10.2. The molecule has 5 rings (SSSR count). The lowest BCUT2D eigenvalue weighted by molar-refractivity contribution is -0.163. The molecule has 44 heavy (non-hydrogen) atoms. The first-order chi connectivity index (χ1) is 21.0. The molecule has 2 aliphatic heterocycles. The number of aromatic nitrogens is 2. The van der Waals surface area contributed by atoms with Crippen LogP contribution in [0.5, 0.6) is 0 Å². The lowest BCUT2D eigenvalue weighted by Gasteiger charge is -2.52. The standard InChI is InChI=1S/C34H50N6O4/c1-6-7-19-39-31(42)29(22-33(44)15-9-8-10-16-33)35-32(43)34(39)17-20-38(21-18-34)23-28-24(2)36-40(25(28)3)27-13-11-26(12-14-27)30(41)37(4)5/h11-14,29,44H,6-10,15-23H2,1-5H3,(H,35,43)/t29-/m1/s1. The normalized spacial score (nSPS) is 21.9. The van der Waals surface area contributed by atoms with Gasteiger partial charge in [-0.3, -0.25) is 19.3 Å². The molecule has 2 N–H and O–H groups in total. The summed E-state index contributed by atoms with van der Waals surface area (Å²) in [4.78, 5) is 45.9. The molecule has 2 aromatic rings. The summed E-state index contributed by atoms with van der Waals surface area (Å²) in [6, 6.07) is 6.86. The molecular formula is C34H50N6O4. The molecule has 3 heterocycles. The molecular weight excluding hydrogens is 556 g/mol. The van der Waals surface area contributed by atoms with E-state index >= 15 is 0 Å². The van der Waals surface area contributed by atoms with Gasteiger partial charge in [0, 0.05) is 63.5 Å². The minimum absolute atomic E-state index is 0.0308. The van der Waals surface area contributed by atoms with Crippen LogP contribution in [-0.4, -0.2) is 98.2 Å². The molecule has 1 atom stereocenters. The Balaban J connectivity index is 1.28. The summed E-state index contributed by atoms with van der Waals surface area (Å²) >= 11 is 0. The van der Waals surface area contributed by atoms with Gasteiger partial charge in [0.2, 0.25) is 11.8 Å². The number of hydrogen-bond donors (Lipinski definition) is 2. The second-order valence-corrected chi connectivity index (χ2v) is 13.5. The number of nitrogens with zero attached hydrogens (tertiary/aromatic N) is 5. The Hall–Kier alpha value is -3.24. The predicted molar refractivity (Wildman–Crippen MR) is 170 cm³/mol. The van der Waals surface area contributed by atoms with E-state index in [1.165, 1.54) is 0 Å². The van der Waals surface area contributed by atoms with E-state index in [0.717, 1.165) is 54.7 Å². The number of carbonyl (C=O) groups is 3. The fourth-order valence-electron chi connectivity index (χ4n) is 7.41. The van der Waals surface area contributed by atoms with Gasteiger partial charge in [-0.2, -0.15) is 5.10 Å². The highest BCUT2D eigenvalue weighted by Crippen LogP contribution is 2.38. The Labute approximate surface area is 261 Å². The van der Waals surface area contributed by atoms with Crippen LogP contribution in [0.15, 0.2) is 24.3 Å². The molecule has 240 valence electrons. The predicted octanol–water partition coefficient (Wildman–Crippen LogP) is 3.74. The van der Waals surface area contributed by atoms with Crippen molar-refractivity contribution in [3.05, 3.63) is 46.8 Å². The zero-order chi connectivity index (χ0) is 31.6. The summed E-state index contributed by atoms with van der Waals surface area (Å²) < 4.78 is 1.93. The van der Waals surface area contributed by atoms with Crippen molar-refractivity contribution in [3.8, 4) is 5.69 Å². The Morgan fingerprint density at radius 3 is 2.32 bits per heavy atom. The van der Waals surface area contributed by atoms with Gasteiger partial charge in [-0.25, -0.2) is 4.68 Å². The van der Waals surface area contributed by atoms with Crippen molar-refractivity contribution < 1.29 is 19.5 Å². The third kappa shape index (κ3) is 6.29. The molecule has 1 saturated carbocycles. The highest BCUT2D eigenvalue weighted by Gasteiger charge is 2.54. The molecule has 1 aliphatic carbocycles. The maximum atomic E-state index is 13.9. The number of hydrogen-bond acceptors (Lipinski definition) is 6. The van der Waals surface area contributed by atoms with Crippen molar-refractivity contribution >= 4 is 17.7 Å². The summed E-state index contributed by atoms with van der Waals surface area (Å²) in [5, 5.41) is 19.1. The molecule has 1 aromatic carbocycles. The summed E-state index contributed by atoms with van der Waals surface area (Å²) in [7, 11) is 3.49. The van der Waals surface area contributed by atoms with Crippen LogP contribution in [-0.2, 0) is 16.1 Å². The first-order valence-electron chi connectivity index (χ1n) is 16.4. The summed E-state index contributed by atoms with van der Waals surface area (Å²) in [6.07, 6.45) is 7.69. The van der Waals surface area contributed by atoms with E-state index in [0.29, 0.717) is 63.8 Å². The zero-order valence-electron chi connectivity index (χ0n) is 27.2. The topological polar surface area (TPSA) is 111 Å². The largest absolute Gasteiger partial charge is 0.390 e. The molecule has 2 saturated heterocycles. The van der Waals surface area contributed by atoms with Gasteiger partial charge in [-0.05, 0) is 70.2 Å². The third-order valence-corrected chi connectivity index (χ3v) is 10.2. The van der Waals surface area contributed by atoms with Crippen LogP contribution in [0.1, 0.15) is 98.4 Å². The van der Waals surface area contributed by atoms with Gasteiger partial charge in [0.25, 0.3) is 5.91 Å². The second kappa shape index (κ2) is 13.0. The minimum atomic E-state index is -0.873. The number of carbonyl (C=O) groups excluding carboxylic acids is 3. The van der Waals surface area contributed by atoms with Crippen molar-refractivity contribution in [3.63, 3.8) is 0 Å². The number of nitrogens with one attached hydrogen (secondary N) is 1. The molecule has 10 heteroatoms. The molecule has 1 aromatic heterocycles. The zero-order valence-corrected chi connectivity index (χ0v) is 27.2. The maximum absolute atomic E-state index is 13.9. The van der Waals surface area contributed by atoms with E-state index in [2.05, 4.69) is 24.1 Å². The number of piperidine rings is 1. The number of aliphatic hydroxyl groups is 1. The number of likely N-dealkylation sites (tertiary alicyclic amines) is 1. The van der Waals surface area contributed by atoms with Gasteiger partial charge in [0.1, 0.15) is 11.6 Å². The highest BCUT2D eigenvalue weighted by molar-refractivity contribution is 6.00. The molecule has 3 aliphatic rings. The number of rotatable bonds is 9. The summed E-state index contributed by atoms with van der Waals surface area (Å²) in [6.45, 7) is 8.88. The van der Waals surface area contributed by atoms with Crippen molar-refractivity contribution in [1.29, 1.82) is 0 Å². The van der Waals surface area contributed by atoms with Gasteiger partial charge in [-0.15, -0.1) is 0 Å². The number of aryl methyl sites for hydroxylation is 1. The first-order valence-corrected chi connectivity index (χ1v) is 16.4. The summed E-state index contributed by atoms with van der Waals surface area (Å²) in [5.74, 6) is -0.127. The minimum Gasteiger partial charge on any atom is -0.390 e. The smallest absolute Gasteiger partial charge is 0.253 e. The van der Waals surface area contributed by atoms with E-state index in [-0.39, 0.29) is 17.7 Å². The van der Waals surface area contributed by atoms with Gasteiger partial charge in [0.05, 0.1) is 17.0 Å². The van der Waals surface area contributed by atoms with E-state index in [1.807, 2.05) is 40.8 Å². The van der Waals surface area contributed by atoms with Crippen LogP contribution in [0.25, 0.3) is 5.69 Å². The number of amides is 3. The average Bonchev–Trinajstić information content (AvgIpc) is 3.29. The van der Waals surface area contributed by atoms with Crippen molar-refractivity contribution in [2.45, 2.75) is 109 Å². The van der Waals surface area contributed by atoms with Gasteiger partial charge in [-0.1, -0.05) is 32.6 Å². The van der Waals surface area contributed by atoms with Crippen molar-refractivity contribution in [2.24, 2.45) is 0 Å². The molecule has 0 unspecified atom stereocenters. The van der Waals surface area contributed by atoms with Crippen molar-refractivity contribution in [1.82, 2.24) is 29.8 Å². The molecule has 0 bridgehead atoms. The fraction of sp³-hybridized carbons (Fsp3) is 0.647. The Morgan fingerprint density at radius 1 is 1.05 bits per heavy atom. The van der Waals surface area contributed by atoms with Gasteiger partial charge in [0.15, 0.2) is 0 Å². The highest BCUT2D eigenvalue weighted by atomic mass is 16.3. The van der Waals surface area contributed by atoms with Crippen molar-refractivity contribution in [2.75, 3.05) is 33.7 Å². The monoisotopic (exact) mass is 606 g/mol. The molecule has 3 fully saturated rings. The second-order valence-electron chi connectivity index (χ2n) is 13.5. The Morgan fingerprint density at radius 2 is 1.70 bits per heavy atom. The number of unbranched alkanes of at least 4 members (excludes halogenated alkanes) is 1. The van der Waals surface area contributed by atoms with Gasteiger partial charge >= 0.3 is 0 Å². The van der Waals surface area contributed by atoms with E-state index in [9.17, 15) is 19.5 Å².